The number of hydrogen-bond donors (Lipinski definition) is 2. The van der Waals surface area contributed by atoms with Crippen LogP contribution in [0, 0.1) is 5.41 Å². The van der Waals surface area contributed by atoms with Crippen LogP contribution in [-0.2, 0) is 4.79 Å². The summed E-state index contributed by atoms with van der Waals surface area (Å²) >= 11 is 0. The molecule has 0 saturated carbocycles. The normalized spacial score (nSPS) is 22.4. The molecule has 0 radical (unpaired) electrons. The van der Waals surface area contributed by atoms with Gasteiger partial charge in [-0.05, 0) is 25.5 Å². The predicted octanol–water partition coefficient (Wildman–Crippen LogP) is 1.50. The van der Waals surface area contributed by atoms with Gasteiger partial charge in [0.1, 0.15) is 0 Å². The Labute approximate surface area is 115 Å². The Hall–Kier alpha value is -2.37. The summed E-state index contributed by atoms with van der Waals surface area (Å²) in [6.07, 6.45) is 2.10. The highest BCUT2D eigenvalue weighted by Crippen LogP contribution is 2.31. The third kappa shape index (κ3) is 1.84. The molecule has 2 N–H and O–H groups in total. The molecule has 1 saturated heterocycles. The Morgan fingerprint density at radius 3 is 2.95 bits per heavy atom. The monoisotopic (exact) mass is 273 g/mol. The van der Waals surface area contributed by atoms with E-state index in [1.54, 1.807) is 30.2 Å². The lowest BCUT2D eigenvalue weighted by atomic mass is 9.90. The summed E-state index contributed by atoms with van der Waals surface area (Å²) in [6.45, 7) is 2.40. The fourth-order valence-corrected chi connectivity index (χ4v) is 2.63. The molecular weight excluding hydrogens is 258 g/mol. The first kappa shape index (κ1) is 12.7. The molecule has 0 unspecified atom stereocenters. The Bertz CT molecular complexity index is 694. The fraction of sp³-hybridized carbons (Fsp3) is 0.357. The molecule has 1 aromatic carbocycles. The Morgan fingerprint density at radius 1 is 1.45 bits per heavy atom. The molecule has 1 fully saturated rings. The van der Waals surface area contributed by atoms with E-state index >= 15 is 0 Å². The van der Waals surface area contributed by atoms with E-state index in [1.165, 1.54) is 0 Å². The topological polar surface area (TPSA) is 86.3 Å². The number of carbonyl (C=O) groups is 2. The minimum Gasteiger partial charge on any atom is -0.481 e. The smallest absolute Gasteiger partial charge is 0.311 e. The van der Waals surface area contributed by atoms with Gasteiger partial charge >= 0.3 is 5.97 Å². The molecule has 0 aliphatic carbocycles. The van der Waals surface area contributed by atoms with Crippen molar-refractivity contribution in [2.24, 2.45) is 5.41 Å². The number of aliphatic carboxylic acids is 1. The van der Waals surface area contributed by atoms with Crippen molar-refractivity contribution in [2.45, 2.75) is 13.3 Å². The van der Waals surface area contributed by atoms with E-state index in [1.807, 2.05) is 6.07 Å². The number of benzene rings is 1. The Morgan fingerprint density at radius 2 is 2.25 bits per heavy atom. The van der Waals surface area contributed by atoms with Gasteiger partial charge in [-0.2, -0.15) is 5.10 Å². The van der Waals surface area contributed by atoms with Crippen LogP contribution in [0.15, 0.2) is 24.4 Å². The number of likely N-dealkylation sites (tertiary alicyclic amines) is 1. The number of hydrogen-bond acceptors (Lipinski definition) is 3. The average molecular weight is 273 g/mol. The van der Waals surface area contributed by atoms with Crippen LogP contribution in [-0.4, -0.2) is 45.2 Å². The van der Waals surface area contributed by atoms with Gasteiger partial charge in [-0.3, -0.25) is 14.7 Å². The van der Waals surface area contributed by atoms with Gasteiger partial charge in [-0.1, -0.05) is 6.07 Å². The molecule has 1 aliphatic heterocycles. The standard InChI is InChI=1S/C14H15N3O3/c1-14(13(19)20)5-6-17(8-14)12(18)9-3-2-4-11-10(9)7-15-16-11/h2-4,7H,5-6,8H2,1H3,(H,15,16)(H,19,20)/t14-/m1/s1. The van der Waals surface area contributed by atoms with E-state index < -0.39 is 11.4 Å². The van der Waals surface area contributed by atoms with Crippen molar-refractivity contribution in [2.75, 3.05) is 13.1 Å². The lowest BCUT2D eigenvalue weighted by Gasteiger charge is -2.20. The highest BCUT2D eigenvalue weighted by Gasteiger charge is 2.42. The van der Waals surface area contributed by atoms with Gasteiger partial charge in [0, 0.05) is 18.5 Å². The second-order valence-electron chi connectivity index (χ2n) is 5.48. The number of carboxylic acid groups (broad SMARTS) is 1. The summed E-state index contributed by atoms with van der Waals surface area (Å²) < 4.78 is 0. The maximum absolute atomic E-state index is 12.6. The third-order valence-corrected chi connectivity index (χ3v) is 3.99. The molecule has 1 aliphatic rings. The summed E-state index contributed by atoms with van der Waals surface area (Å²) in [5.74, 6) is -0.990. The summed E-state index contributed by atoms with van der Waals surface area (Å²) in [5.41, 5.74) is 0.516. The van der Waals surface area contributed by atoms with Crippen molar-refractivity contribution in [3.8, 4) is 0 Å². The first-order chi connectivity index (χ1) is 9.51. The van der Waals surface area contributed by atoms with E-state index in [0.29, 0.717) is 18.5 Å². The molecule has 0 bridgehead atoms. The van der Waals surface area contributed by atoms with Crippen LogP contribution < -0.4 is 0 Å². The number of aromatic amines is 1. The molecule has 1 aromatic heterocycles. The quantitative estimate of drug-likeness (QED) is 0.868. The molecule has 6 heteroatoms. The zero-order valence-corrected chi connectivity index (χ0v) is 11.1. The van der Waals surface area contributed by atoms with E-state index in [9.17, 15) is 14.7 Å². The number of carboxylic acids is 1. The Balaban J connectivity index is 1.91. The highest BCUT2D eigenvalue weighted by atomic mass is 16.4. The average Bonchev–Trinajstić information content (AvgIpc) is 3.04. The molecule has 0 spiro atoms. The van der Waals surface area contributed by atoms with Crippen LogP contribution in [0.4, 0.5) is 0 Å². The number of aromatic nitrogens is 2. The molecule has 1 amide bonds. The first-order valence-electron chi connectivity index (χ1n) is 6.46. The van der Waals surface area contributed by atoms with Crippen LogP contribution in [0.5, 0.6) is 0 Å². The SMILES string of the molecule is C[C@@]1(C(=O)O)CCN(C(=O)c2cccc3[nH]ncc23)C1. The zero-order chi connectivity index (χ0) is 14.3. The molecule has 20 heavy (non-hydrogen) atoms. The summed E-state index contributed by atoms with van der Waals surface area (Å²) in [4.78, 5) is 25.4. The van der Waals surface area contributed by atoms with Crippen molar-refractivity contribution >= 4 is 22.8 Å². The van der Waals surface area contributed by atoms with Crippen LogP contribution in [0.3, 0.4) is 0 Å². The van der Waals surface area contributed by atoms with Gasteiger partial charge in [0.2, 0.25) is 0 Å². The maximum Gasteiger partial charge on any atom is 0.311 e. The predicted molar refractivity (Wildman–Crippen MR) is 72.4 cm³/mol. The highest BCUT2D eigenvalue weighted by molar-refractivity contribution is 6.06. The third-order valence-electron chi connectivity index (χ3n) is 3.99. The van der Waals surface area contributed by atoms with Gasteiger partial charge in [-0.25, -0.2) is 0 Å². The van der Waals surface area contributed by atoms with Gasteiger partial charge < -0.3 is 10.0 Å². The summed E-state index contributed by atoms with van der Waals surface area (Å²) in [6, 6.07) is 5.39. The van der Waals surface area contributed by atoms with Crippen molar-refractivity contribution < 1.29 is 14.7 Å². The fourth-order valence-electron chi connectivity index (χ4n) is 2.63. The van der Waals surface area contributed by atoms with E-state index in [0.717, 1.165) is 10.9 Å². The minimum absolute atomic E-state index is 0.137. The number of fused-ring (bicyclic) bond motifs is 1. The largest absolute Gasteiger partial charge is 0.481 e. The van der Waals surface area contributed by atoms with Gasteiger partial charge in [0.25, 0.3) is 5.91 Å². The maximum atomic E-state index is 12.6. The van der Waals surface area contributed by atoms with E-state index in [4.69, 9.17) is 0 Å². The lowest BCUT2D eigenvalue weighted by molar-refractivity contribution is -0.147. The molecule has 6 nitrogen and oxygen atoms in total. The van der Waals surface area contributed by atoms with Crippen molar-refractivity contribution in [1.82, 2.24) is 15.1 Å². The van der Waals surface area contributed by atoms with Crippen LogP contribution >= 0.6 is 0 Å². The second-order valence-corrected chi connectivity index (χ2v) is 5.48. The molecule has 1 atom stereocenters. The van der Waals surface area contributed by atoms with Crippen molar-refractivity contribution in [3.05, 3.63) is 30.0 Å². The van der Waals surface area contributed by atoms with E-state index in [-0.39, 0.29) is 12.5 Å². The minimum atomic E-state index is -0.852. The van der Waals surface area contributed by atoms with Crippen LogP contribution in [0.1, 0.15) is 23.7 Å². The summed E-state index contributed by atoms with van der Waals surface area (Å²) in [7, 11) is 0. The number of rotatable bonds is 2. The molecule has 104 valence electrons. The van der Waals surface area contributed by atoms with Crippen LogP contribution in [0.25, 0.3) is 10.9 Å². The molecule has 2 aromatic rings. The van der Waals surface area contributed by atoms with Gasteiger partial charge in [0.15, 0.2) is 0 Å². The first-order valence-corrected chi connectivity index (χ1v) is 6.46. The molecule has 2 heterocycles. The van der Waals surface area contributed by atoms with Gasteiger partial charge in [0.05, 0.1) is 22.7 Å². The number of amides is 1. The molecular formula is C14H15N3O3. The number of H-pyrrole nitrogens is 1. The lowest BCUT2D eigenvalue weighted by Crippen LogP contribution is -2.34. The Kier molecular flexibility index (Phi) is 2.74. The van der Waals surface area contributed by atoms with Crippen LogP contribution in [0.2, 0.25) is 0 Å². The number of nitrogens with one attached hydrogen (secondary N) is 1. The molecule has 3 rings (SSSR count). The number of carbonyl (C=O) groups excluding carboxylic acids is 1. The van der Waals surface area contributed by atoms with E-state index in [2.05, 4.69) is 10.2 Å². The second kappa shape index (κ2) is 4.33. The number of nitrogens with zero attached hydrogens (tertiary/aromatic N) is 2. The van der Waals surface area contributed by atoms with Gasteiger partial charge in [-0.15, -0.1) is 0 Å². The van der Waals surface area contributed by atoms with Crippen molar-refractivity contribution in [3.63, 3.8) is 0 Å². The zero-order valence-electron chi connectivity index (χ0n) is 11.1. The summed E-state index contributed by atoms with van der Waals surface area (Å²) in [5, 5.41) is 16.8. The van der Waals surface area contributed by atoms with Crippen molar-refractivity contribution in [1.29, 1.82) is 0 Å².